The maximum absolute atomic E-state index is 12.7. The molecule has 2 bridgehead atoms. The molecule has 1 amide bonds. The lowest BCUT2D eigenvalue weighted by molar-refractivity contribution is -0.127. The van der Waals surface area contributed by atoms with Crippen molar-refractivity contribution in [3.63, 3.8) is 0 Å². The van der Waals surface area contributed by atoms with E-state index in [2.05, 4.69) is 12.2 Å². The highest BCUT2D eigenvalue weighted by molar-refractivity contribution is 7.92. The smallest absolute Gasteiger partial charge is 0.236 e. The average molecular weight is 417 g/mol. The lowest BCUT2D eigenvalue weighted by atomic mass is 9.83. The van der Waals surface area contributed by atoms with Crippen molar-refractivity contribution in [2.75, 3.05) is 13.1 Å². The Morgan fingerprint density at radius 3 is 2.45 bits per heavy atom. The first kappa shape index (κ1) is 20.6. The molecule has 0 radical (unpaired) electrons. The molecular weight excluding hydrogens is 384 g/mol. The molecule has 1 aromatic carbocycles. The zero-order valence-corrected chi connectivity index (χ0v) is 18.0. The molecule has 1 aliphatic heterocycles. The third-order valence-corrected chi connectivity index (χ3v) is 8.79. The van der Waals surface area contributed by atoms with Gasteiger partial charge in [0.15, 0.2) is 0 Å². The fourth-order valence-corrected chi connectivity index (χ4v) is 6.76. The van der Waals surface area contributed by atoms with Crippen LogP contribution in [0.3, 0.4) is 0 Å². The highest BCUT2D eigenvalue weighted by atomic mass is 32.2. The number of nitrogens with one attached hydrogen (secondary N) is 1. The average Bonchev–Trinajstić information content (AvgIpc) is 3.37. The summed E-state index contributed by atoms with van der Waals surface area (Å²) in [5.74, 6) is 2.32. The number of benzene rings is 1. The van der Waals surface area contributed by atoms with Crippen molar-refractivity contribution in [2.24, 2.45) is 23.7 Å². The first-order valence-corrected chi connectivity index (χ1v) is 12.5. The Kier molecular flexibility index (Phi) is 6.11. The monoisotopic (exact) mass is 416 g/mol. The van der Waals surface area contributed by atoms with Crippen LogP contribution in [-0.4, -0.2) is 37.8 Å². The summed E-state index contributed by atoms with van der Waals surface area (Å²) >= 11 is 0. The first-order valence-electron chi connectivity index (χ1n) is 11.0. The Morgan fingerprint density at radius 1 is 1.10 bits per heavy atom. The maximum atomic E-state index is 12.7. The second-order valence-electron chi connectivity index (χ2n) is 9.07. The number of sulfonamides is 1. The second kappa shape index (κ2) is 8.60. The molecule has 3 fully saturated rings. The zero-order chi connectivity index (χ0) is 20.4. The van der Waals surface area contributed by atoms with Crippen LogP contribution >= 0.6 is 0 Å². The lowest BCUT2D eigenvalue weighted by Gasteiger charge is -2.33. The summed E-state index contributed by atoms with van der Waals surface area (Å²) in [7, 11) is -3.45. The van der Waals surface area contributed by atoms with Gasteiger partial charge in [0, 0.05) is 30.5 Å². The fourth-order valence-electron chi connectivity index (χ4n) is 5.54. The van der Waals surface area contributed by atoms with Crippen molar-refractivity contribution >= 4 is 22.0 Å². The molecule has 5 nitrogen and oxygen atoms in total. The molecule has 0 spiro atoms. The van der Waals surface area contributed by atoms with Crippen molar-refractivity contribution in [2.45, 2.75) is 51.5 Å². The van der Waals surface area contributed by atoms with Crippen molar-refractivity contribution in [1.29, 1.82) is 0 Å². The molecule has 1 N–H and O–H groups in total. The summed E-state index contributed by atoms with van der Waals surface area (Å²) in [6, 6.07) is 9.65. The molecule has 4 rings (SSSR count). The number of hydrogen-bond acceptors (Lipinski definition) is 3. The third kappa shape index (κ3) is 4.75. The largest absolute Gasteiger partial charge is 0.353 e. The standard InChI is InChI=1S/C23H32N2O3S/c1-17(22-16-19-7-8-21(22)15-19)24-23(26)20-9-12-25(13-10-20)29(27,28)14-11-18-5-3-2-4-6-18/h2-6,11,14,17,19-22H,7-10,12-13,15-16H2,1H3,(H,24,26)/b14-11+. The van der Waals surface area contributed by atoms with E-state index in [1.165, 1.54) is 35.4 Å². The minimum absolute atomic E-state index is 0.0828. The predicted molar refractivity (Wildman–Crippen MR) is 115 cm³/mol. The Balaban J connectivity index is 1.27. The minimum Gasteiger partial charge on any atom is -0.353 e. The number of fused-ring (bicyclic) bond motifs is 2. The normalized spacial score (nSPS) is 29.3. The van der Waals surface area contributed by atoms with Crippen LogP contribution in [0.5, 0.6) is 0 Å². The van der Waals surface area contributed by atoms with E-state index in [9.17, 15) is 13.2 Å². The van der Waals surface area contributed by atoms with Crippen LogP contribution in [0.4, 0.5) is 0 Å². The SMILES string of the molecule is CC(NC(=O)C1CCN(S(=O)(=O)/C=C/c2ccccc2)CC1)C1CC2CCC1C2. The molecule has 6 heteroatoms. The molecule has 4 atom stereocenters. The summed E-state index contributed by atoms with van der Waals surface area (Å²) in [6.45, 7) is 2.96. The number of hydrogen-bond donors (Lipinski definition) is 1. The van der Waals surface area contributed by atoms with E-state index in [0.717, 1.165) is 17.4 Å². The predicted octanol–water partition coefficient (Wildman–Crippen LogP) is 3.64. The summed E-state index contributed by atoms with van der Waals surface area (Å²) in [4.78, 5) is 12.7. The molecule has 1 heterocycles. The van der Waals surface area contributed by atoms with Gasteiger partial charge in [0.05, 0.1) is 0 Å². The Bertz CT molecular complexity index is 844. The summed E-state index contributed by atoms with van der Waals surface area (Å²) in [6.07, 6.45) is 8.11. The number of nitrogens with zero attached hydrogens (tertiary/aromatic N) is 1. The molecule has 4 unspecified atom stereocenters. The molecule has 3 aliphatic rings. The topological polar surface area (TPSA) is 66.5 Å². The molecule has 158 valence electrons. The van der Waals surface area contributed by atoms with Crippen molar-refractivity contribution in [3.8, 4) is 0 Å². The van der Waals surface area contributed by atoms with Gasteiger partial charge in [0.25, 0.3) is 0 Å². The van der Waals surface area contributed by atoms with Gasteiger partial charge >= 0.3 is 0 Å². The van der Waals surface area contributed by atoms with E-state index < -0.39 is 10.0 Å². The maximum Gasteiger partial charge on any atom is 0.236 e. The summed E-state index contributed by atoms with van der Waals surface area (Å²) in [5, 5.41) is 4.53. The zero-order valence-electron chi connectivity index (χ0n) is 17.2. The van der Waals surface area contributed by atoms with Gasteiger partial charge in [-0.1, -0.05) is 36.8 Å². The van der Waals surface area contributed by atoms with Crippen LogP contribution in [0.25, 0.3) is 6.08 Å². The molecule has 29 heavy (non-hydrogen) atoms. The van der Waals surface area contributed by atoms with Crippen LogP contribution in [0.1, 0.15) is 51.0 Å². The Hall–Kier alpha value is -1.66. The molecule has 2 saturated carbocycles. The van der Waals surface area contributed by atoms with Gasteiger partial charge in [-0.15, -0.1) is 0 Å². The van der Waals surface area contributed by atoms with Crippen LogP contribution in [0.15, 0.2) is 35.7 Å². The van der Waals surface area contributed by atoms with Crippen LogP contribution in [0.2, 0.25) is 0 Å². The second-order valence-corrected chi connectivity index (χ2v) is 10.9. The van der Waals surface area contributed by atoms with E-state index in [0.29, 0.717) is 31.8 Å². The van der Waals surface area contributed by atoms with Gasteiger partial charge in [-0.2, -0.15) is 4.31 Å². The highest BCUT2D eigenvalue weighted by Gasteiger charge is 2.42. The molecule has 0 aromatic heterocycles. The number of piperidine rings is 1. The Labute approximate surface area is 174 Å². The van der Waals surface area contributed by atoms with E-state index >= 15 is 0 Å². The van der Waals surface area contributed by atoms with Gasteiger partial charge in [-0.3, -0.25) is 4.79 Å². The number of carbonyl (C=O) groups excluding carboxylic acids is 1. The third-order valence-electron chi connectivity index (χ3n) is 7.22. The molecule has 1 aromatic rings. The van der Waals surface area contributed by atoms with Crippen molar-refractivity contribution < 1.29 is 13.2 Å². The van der Waals surface area contributed by atoms with Crippen molar-refractivity contribution in [1.82, 2.24) is 9.62 Å². The van der Waals surface area contributed by atoms with E-state index in [4.69, 9.17) is 0 Å². The number of amides is 1. The first-order chi connectivity index (χ1) is 13.9. The quantitative estimate of drug-likeness (QED) is 0.770. The van der Waals surface area contributed by atoms with E-state index in [1.54, 1.807) is 6.08 Å². The van der Waals surface area contributed by atoms with Gasteiger partial charge < -0.3 is 5.32 Å². The van der Waals surface area contributed by atoms with E-state index in [-0.39, 0.29) is 17.9 Å². The van der Waals surface area contributed by atoms with Gasteiger partial charge in [0.2, 0.25) is 15.9 Å². The van der Waals surface area contributed by atoms with Gasteiger partial charge in [0.1, 0.15) is 0 Å². The van der Waals surface area contributed by atoms with Crippen LogP contribution < -0.4 is 5.32 Å². The number of carbonyl (C=O) groups is 1. The van der Waals surface area contributed by atoms with Crippen molar-refractivity contribution in [3.05, 3.63) is 41.3 Å². The number of rotatable bonds is 6. The summed E-state index contributed by atoms with van der Waals surface area (Å²) in [5.41, 5.74) is 0.861. The van der Waals surface area contributed by atoms with E-state index in [1.807, 2.05) is 30.3 Å². The minimum atomic E-state index is -3.45. The van der Waals surface area contributed by atoms with Gasteiger partial charge in [-0.05, 0) is 68.4 Å². The highest BCUT2D eigenvalue weighted by Crippen LogP contribution is 2.49. The lowest BCUT2D eigenvalue weighted by Crippen LogP contribution is -2.46. The molecule has 2 aliphatic carbocycles. The molecule has 1 saturated heterocycles. The van der Waals surface area contributed by atoms with Gasteiger partial charge in [-0.25, -0.2) is 8.42 Å². The summed E-state index contributed by atoms with van der Waals surface area (Å²) < 4.78 is 26.7. The fraction of sp³-hybridized carbons (Fsp3) is 0.609. The van der Waals surface area contributed by atoms with Crippen LogP contribution in [0, 0.1) is 23.7 Å². The molecular formula is C23H32N2O3S. The van der Waals surface area contributed by atoms with Crippen LogP contribution in [-0.2, 0) is 14.8 Å². The Morgan fingerprint density at radius 2 is 1.83 bits per heavy atom.